The van der Waals surface area contributed by atoms with Gasteiger partial charge >= 0.3 is 0 Å². The molecule has 7 heteroatoms. The third-order valence-electron chi connectivity index (χ3n) is 5.45. The lowest BCUT2D eigenvalue weighted by Crippen LogP contribution is -2.43. The van der Waals surface area contributed by atoms with Crippen molar-refractivity contribution in [2.24, 2.45) is 0 Å². The van der Waals surface area contributed by atoms with Crippen molar-refractivity contribution in [3.63, 3.8) is 0 Å². The van der Waals surface area contributed by atoms with Crippen molar-refractivity contribution in [3.8, 4) is 6.07 Å². The molecule has 158 valence electrons. The maximum Gasteiger partial charge on any atom is 0.241 e. The van der Waals surface area contributed by atoms with Gasteiger partial charge < -0.3 is 9.80 Å². The van der Waals surface area contributed by atoms with Gasteiger partial charge in [0.15, 0.2) is 0 Å². The van der Waals surface area contributed by atoms with Crippen molar-refractivity contribution in [3.05, 3.63) is 29.3 Å². The molecule has 0 N–H and O–H groups in total. The highest BCUT2D eigenvalue weighted by Gasteiger charge is 2.22. The van der Waals surface area contributed by atoms with Crippen LogP contribution in [-0.2, 0) is 9.59 Å². The zero-order valence-electron chi connectivity index (χ0n) is 18.1. The Bertz CT molecular complexity index is 756. The largest absolute Gasteiger partial charge is 0.348 e. The second-order valence-corrected chi connectivity index (χ2v) is 7.92. The van der Waals surface area contributed by atoms with Crippen LogP contribution in [0.25, 0.3) is 0 Å². The first-order valence-corrected chi connectivity index (χ1v) is 10.2. The quantitative estimate of drug-likeness (QED) is 0.697. The molecule has 1 aromatic carbocycles. The molecule has 0 saturated carbocycles. The van der Waals surface area contributed by atoms with E-state index in [1.165, 1.54) is 5.56 Å². The van der Waals surface area contributed by atoms with Gasteiger partial charge in [0.1, 0.15) is 0 Å². The summed E-state index contributed by atoms with van der Waals surface area (Å²) in [5, 5.41) is 9.01. The molecule has 0 atom stereocenters. The summed E-state index contributed by atoms with van der Waals surface area (Å²) in [6, 6.07) is 8.13. The maximum atomic E-state index is 13.1. The van der Waals surface area contributed by atoms with Crippen molar-refractivity contribution < 1.29 is 9.59 Å². The Morgan fingerprint density at radius 2 is 1.62 bits per heavy atom. The van der Waals surface area contributed by atoms with E-state index < -0.39 is 0 Å². The summed E-state index contributed by atoms with van der Waals surface area (Å²) >= 11 is 0. The summed E-state index contributed by atoms with van der Waals surface area (Å²) in [5.41, 5.74) is 3.16. The lowest BCUT2D eigenvalue weighted by molar-refractivity contribution is -0.130. The number of anilines is 1. The molecule has 1 aromatic rings. The van der Waals surface area contributed by atoms with Crippen LogP contribution in [0.4, 0.5) is 5.69 Å². The summed E-state index contributed by atoms with van der Waals surface area (Å²) in [7, 11) is 3.54. The molecule has 2 amide bonds. The van der Waals surface area contributed by atoms with Gasteiger partial charge in [-0.05, 0) is 56.6 Å². The Labute approximate surface area is 174 Å². The number of carbonyl (C=O) groups excluding carboxylic acids is 2. The molecule has 1 fully saturated rings. The molecule has 1 aliphatic heterocycles. The topological polar surface area (TPSA) is 70.9 Å². The predicted molar refractivity (Wildman–Crippen MR) is 115 cm³/mol. The minimum Gasteiger partial charge on any atom is -0.348 e. The van der Waals surface area contributed by atoms with Gasteiger partial charge in [-0.3, -0.25) is 19.4 Å². The van der Waals surface area contributed by atoms with Gasteiger partial charge in [-0.1, -0.05) is 6.07 Å². The summed E-state index contributed by atoms with van der Waals surface area (Å²) in [5.74, 6) is 0.119. The van der Waals surface area contributed by atoms with Crippen LogP contribution in [0.2, 0.25) is 0 Å². The Kier molecular flexibility index (Phi) is 8.62. The van der Waals surface area contributed by atoms with E-state index >= 15 is 0 Å². The van der Waals surface area contributed by atoms with E-state index in [2.05, 4.69) is 15.9 Å². The predicted octanol–water partition coefficient (Wildman–Crippen LogP) is 1.65. The second-order valence-electron chi connectivity index (χ2n) is 7.92. The number of hydrogen-bond donors (Lipinski definition) is 0. The van der Waals surface area contributed by atoms with Crippen LogP contribution in [0.5, 0.6) is 0 Å². The zero-order chi connectivity index (χ0) is 21.4. The Hall–Kier alpha value is -2.43. The van der Waals surface area contributed by atoms with Crippen molar-refractivity contribution in [1.29, 1.82) is 5.26 Å². The summed E-state index contributed by atoms with van der Waals surface area (Å²) in [6.07, 6.45) is 1.23. The fourth-order valence-corrected chi connectivity index (χ4v) is 3.40. The third kappa shape index (κ3) is 6.84. The van der Waals surface area contributed by atoms with Gasteiger partial charge in [-0.25, -0.2) is 0 Å². The molecule has 0 bridgehead atoms. The fourth-order valence-electron chi connectivity index (χ4n) is 3.40. The van der Waals surface area contributed by atoms with E-state index in [4.69, 9.17) is 5.26 Å². The van der Waals surface area contributed by atoms with Crippen LogP contribution in [0.3, 0.4) is 0 Å². The lowest BCUT2D eigenvalue weighted by Gasteiger charge is -2.27. The van der Waals surface area contributed by atoms with Crippen LogP contribution in [-0.4, -0.2) is 86.4 Å². The van der Waals surface area contributed by atoms with E-state index in [0.717, 1.165) is 43.9 Å². The number of nitrogens with zero attached hydrogens (tertiary/aromatic N) is 5. The Morgan fingerprint density at radius 1 is 1.00 bits per heavy atom. The van der Waals surface area contributed by atoms with Crippen LogP contribution in [0, 0.1) is 25.2 Å². The molecule has 1 saturated heterocycles. The third-order valence-corrected chi connectivity index (χ3v) is 5.45. The maximum absolute atomic E-state index is 13.1. The van der Waals surface area contributed by atoms with Crippen LogP contribution < -0.4 is 4.90 Å². The number of amides is 2. The number of rotatable bonds is 7. The van der Waals surface area contributed by atoms with E-state index in [1.54, 1.807) is 23.9 Å². The number of likely N-dealkylation sites (N-methyl/N-ethyl adjacent to an activating group) is 1. The SMILES string of the molecule is Cc1ccc(N(CCC#N)C(=O)CN2CCCN(CC(=O)N(C)C)CC2)cc1C. The molecule has 0 aliphatic carbocycles. The number of carbonyl (C=O) groups is 2. The highest BCUT2D eigenvalue weighted by Crippen LogP contribution is 2.20. The number of aryl methyl sites for hydroxylation is 2. The molecular formula is C22H33N5O2. The van der Waals surface area contributed by atoms with Crippen LogP contribution >= 0.6 is 0 Å². The van der Waals surface area contributed by atoms with Gasteiger partial charge in [-0.15, -0.1) is 0 Å². The molecule has 1 heterocycles. The first kappa shape index (κ1) is 22.9. The van der Waals surface area contributed by atoms with Crippen molar-refractivity contribution >= 4 is 17.5 Å². The van der Waals surface area contributed by atoms with Crippen molar-refractivity contribution in [1.82, 2.24) is 14.7 Å². The van der Waals surface area contributed by atoms with Crippen molar-refractivity contribution in [2.45, 2.75) is 26.7 Å². The monoisotopic (exact) mass is 399 g/mol. The van der Waals surface area contributed by atoms with Gasteiger partial charge in [-0.2, -0.15) is 5.26 Å². The summed E-state index contributed by atoms with van der Waals surface area (Å²) < 4.78 is 0. The average Bonchev–Trinajstić information content (AvgIpc) is 2.89. The molecular weight excluding hydrogens is 366 g/mol. The molecule has 7 nitrogen and oxygen atoms in total. The normalized spacial score (nSPS) is 15.4. The first-order chi connectivity index (χ1) is 13.8. The molecule has 29 heavy (non-hydrogen) atoms. The molecule has 0 aromatic heterocycles. The van der Waals surface area contributed by atoms with Gasteiger partial charge in [0.05, 0.1) is 25.6 Å². The number of benzene rings is 1. The number of nitriles is 1. The molecule has 1 aliphatic rings. The van der Waals surface area contributed by atoms with Gasteiger partial charge in [0, 0.05) is 39.4 Å². The lowest BCUT2D eigenvalue weighted by atomic mass is 10.1. The smallest absolute Gasteiger partial charge is 0.241 e. The second kappa shape index (κ2) is 10.9. The van der Waals surface area contributed by atoms with Gasteiger partial charge in [0.2, 0.25) is 11.8 Å². The fraction of sp³-hybridized carbons (Fsp3) is 0.591. The molecule has 2 rings (SSSR count). The van der Waals surface area contributed by atoms with E-state index in [-0.39, 0.29) is 11.8 Å². The standard InChI is InChI=1S/C22H33N5O2/c1-18-7-8-20(15-19(18)2)27(12-5-9-23)22(29)17-26-11-6-10-25(13-14-26)16-21(28)24(3)4/h7-8,15H,5-6,10-14,16-17H2,1-4H3. The summed E-state index contributed by atoms with van der Waals surface area (Å²) in [6.45, 7) is 8.45. The Morgan fingerprint density at radius 3 is 2.17 bits per heavy atom. The van der Waals surface area contributed by atoms with E-state index in [0.29, 0.717) is 26.1 Å². The zero-order valence-corrected chi connectivity index (χ0v) is 18.1. The highest BCUT2D eigenvalue weighted by atomic mass is 16.2. The van der Waals surface area contributed by atoms with Crippen molar-refractivity contribution in [2.75, 3.05) is 64.8 Å². The number of hydrogen-bond acceptors (Lipinski definition) is 5. The highest BCUT2D eigenvalue weighted by molar-refractivity contribution is 5.95. The van der Waals surface area contributed by atoms with E-state index in [9.17, 15) is 9.59 Å². The molecule has 0 unspecified atom stereocenters. The minimum atomic E-state index is 0.0151. The van der Waals surface area contributed by atoms with Gasteiger partial charge in [0.25, 0.3) is 0 Å². The van der Waals surface area contributed by atoms with E-state index in [1.807, 2.05) is 32.0 Å². The Balaban J connectivity index is 2.00. The van der Waals surface area contributed by atoms with Crippen LogP contribution in [0.1, 0.15) is 24.0 Å². The molecule has 0 radical (unpaired) electrons. The first-order valence-electron chi connectivity index (χ1n) is 10.2. The molecule has 0 spiro atoms. The average molecular weight is 400 g/mol. The summed E-state index contributed by atoms with van der Waals surface area (Å²) in [4.78, 5) is 32.7. The van der Waals surface area contributed by atoms with Crippen LogP contribution in [0.15, 0.2) is 18.2 Å². The minimum absolute atomic E-state index is 0.0151.